The van der Waals surface area contributed by atoms with Crippen molar-refractivity contribution in [2.45, 2.75) is 25.2 Å². The molecule has 1 aromatic rings. The van der Waals surface area contributed by atoms with E-state index in [1.165, 1.54) is 6.07 Å². The summed E-state index contributed by atoms with van der Waals surface area (Å²) in [5, 5.41) is 17.6. The molecular weight excluding hydrogens is 216 g/mol. The summed E-state index contributed by atoms with van der Waals surface area (Å²) in [4.78, 5) is 10.5. The Balaban J connectivity index is 2.29. The maximum Gasteiger partial charge on any atom is 0.371 e. The molecule has 5 heteroatoms. The first kappa shape index (κ1) is 12.1. The molecule has 1 heterocycles. The van der Waals surface area contributed by atoms with Crippen LogP contribution >= 0.6 is 11.8 Å². The largest absolute Gasteiger partial charge is 0.475 e. The van der Waals surface area contributed by atoms with Gasteiger partial charge in [0, 0.05) is 0 Å². The second kappa shape index (κ2) is 5.82. The van der Waals surface area contributed by atoms with Gasteiger partial charge in [0.1, 0.15) is 5.76 Å². The summed E-state index contributed by atoms with van der Waals surface area (Å²) in [7, 11) is 0. The molecule has 0 saturated carbocycles. The number of furan rings is 1. The molecule has 0 fully saturated rings. The van der Waals surface area contributed by atoms with Crippen LogP contribution in [0.3, 0.4) is 0 Å². The zero-order chi connectivity index (χ0) is 11.3. The van der Waals surface area contributed by atoms with Crippen LogP contribution in [-0.2, 0) is 5.75 Å². The number of hydrogen-bond donors (Lipinski definition) is 2. The number of carboxylic acids is 1. The number of rotatable bonds is 6. The number of carboxylic acid groups (broad SMARTS) is 1. The Morgan fingerprint density at radius 2 is 2.33 bits per heavy atom. The van der Waals surface area contributed by atoms with E-state index in [-0.39, 0.29) is 11.9 Å². The lowest BCUT2D eigenvalue weighted by Crippen LogP contribution is -2.00. The Labute approximate surface area is 92.3 Å². The van der Waals surface area contributed by atoms with Crippen molar-refractivity contribution in [3.05, 3.63) is 23.7 Å². The van der Waals surface area contributed by atoms with E-state index in [0.29, 0.717) is 11.5 Å². The molecular formula is C10H14O4S. The predicted molar refractivity (Wildman–Crippen MR) is 58.1 cm³/mol. The van der Waals surface area contributed by atoms with Gasteiger partial charge in [0.2, 0.25) is 5.76 Å². The van der Waals surface area contributed by atoms with E-state index in [0.717, 1.165) is 12.2 Å². The number of aromatic carboxylic acids is 1. The number of aliphatic hydroxyl groups excluding tert-OH is 1. The maximum atomic E-state index is 10.5. The van der Waals surface area contributed by atoms with Crippen molar-refractivity contribution >= 4 is 17.7 Å². The van der Waals surface area contributed by atoms with E-state index < -0.39 is 5.97 Å². The van der Waals surface area contributed by atoms with Crippen molar-refractivity contribution in [3.8, 4) is 0 Å². The molecule has 0 amide bonds. The Morgan fingerprint density at radius 1 is 1.60 bits per heavy atom. The summed E-state index contributed by atoms with van der Waals surface area (Å²) >= 11 is 1.61. The molecule has 4 nitrogen and oxygen atoms in total. The monoisotopic (exact) mass is 230 g/mol. The minimum Gasteiger partial charge on any atom is -0.475 e. The second-order valence-corrected chi connectivity index (χ2v) is 4.37. The van der Waals surface area contributed by atoms with Crippen LogP contribution in [0.5, 0.6) is 0 Å². The molecule has 15 heavy (non-hydrogen) atoms. The van der Waals surface area contributed by atoms with Crippen LogP contribution in [0.1, 0.15) is 29.7 Å². The summed E-state index contributed by atoms with van der Waals surface area (Å²) < 4.78 is 5.07. The fourth-order valence-corrected chi connectivity index (χ4v) is 2.01. The zero-order valence-corrected chi connectivity index (χ0v) is 9.29. The topological polar surface area (TPSA) is 70.7 Å². The van der Waals surface area contributed by atoms with Gasteiger partial charge in [0.25, 0.3) is 0 Å². The maximum absolute atomic E-state index is 10.5. The molecule has 0 bridgehead atoms. The van der Waals surface area contributed by atoms with E-state index in [9.17, 15) is 4.79 Å². The lowest BCUT2D eigenvalue weighted by atomic mass is 10.3. The van der Waals surface area contributed by atoms with Gasteiger partial charge in [-0.15, -0.1) is 0 Å². The Morgan fingerprint density at radius 3 is 2.87 bits per heavy atom. The highest BCUT2D eigenvalue weighted by atomic mass is 32.2. The van der Waals surface area contributed by atoms with E-state index >= 15 is 0 Å². The van der Waals surface area contributed by atoms with Crippen molar-refractivity contribution in [2.24, 2.45) is 0 Å². The van der Waals surface area contributed by atoms with Crippen LogP contribution < -0.4 is 0 Å². The van der Waals surface area contributed by atoms with Crippen molar-refractivity contribution in [1.82, 2.24) is 0 Å². The fraction of sp³-hybridized carbons (Fsp3) is 0.500. The van der Waals surface area contributed by atoms with Crippen LogP contribution in [0.15, 0.2) is 16.5 Å². The van der Waals surface area contributed by atoms with E-state index in [4.69, 9.17) is 14.6 Å². The number of hydrogen-bond acceptors (Lipinski definition) is 4. The van der Waals surface area contributed by atoms with Crippen LogP contribution in [-0.4, -0.2) is 28.0 Å². The summed E-state index contributed by atoms with van der Waals surface area (Å²) in [6, 6.07) is 3.12. The van der Waals surface area contributed by atoms with Gasteiger partial charge in [-0.05, 0) is 31.2 Å². The first-order valence-electron chi connectivity index (χ1n) is 4.67. The number of thioether (sulfide) groups is 1. The van der Waals surface area contributed by atoms with Crippen LogP contribution in [0, 0.1) is 0 Å². The summed E-state index contributed by atoms with van der Waals surface area (Å²) in [5.74, 6) is 1.06. The third-order valence-electron chi connectivity index (χ3n) is 1.80. The molecule has 0 aliphatic carbocycles. The lowest BCUT2D eigenvalue weighted by Gasteiger charge is -2.01. The predicted octanol–water partition coefficient (Wildman–Crippen LogP) is 1.98. The molecule has 1 atom stereocenters. The molecule has 0 saturated heterocycles. The van der Waals surface area contributed by atoms with Crippen molar-refractivity contribution < 1.29 is 19.4 Å². The normalized spacial score (nSPS) is 12.7. The third-order valence-corrected chi connectivity index (χ3v) is 2.81. The van der Waals surface area contributed by atoms with Gasteiger partial charge >= 0.3 is 5.97 Å². The Bertz CT molecular complexity index is 319. The molecule has 2 N–H and O–H groups in total. The zero-order valence-electron chi connectivity index (χ0n) is 8.47. The molecule has 1 rings (SSSR count). The van der Waals surface area contributed by atoms with Gasteiger partial charge < -0.3 is 14.6 Å². The molecule has 0 aliphatic rings. The third kappa shape index (κ3) is 4.40. The fourth-order valence-electron chi connectivity index (χ4n) is 0.997. The quantitative estimate of drug-likeness (QED) is 0.731. The molecule has 0 radical (unpaired) electrons. The van der Waals surface area contributed by atoms with Gasteiger partial charge in [-0.1, -0.05) is 0 Å². The number of aliphatic hydroxyl groups is 1. The standard InChI is InChI=1S/C10H14O4S/c1-7(11)4-5-15-6-8-2-3-9(14-8)10(12)13/h2-3,7,11H,4-6H2,1H3,(H,12,13). The summed E-state index contributed by atoms with van der Waals surface area (Å²) in [6.07, 6.45) is 0.445. The number of carbonyl (C=O) groups is 1. The molecule has 84 valence electrons. The molecule has 0 aromatic carbocycles. The molecule has 1 aromatic heterocycles. The van der Waals surface area contributed by atoms with Gasteiger partial charge in [-0.3, -0.25) is 0 Å². The minimum absolute atomic E-state index is 0.0267. The van der Waals surface area contributed by atoms with Crippen LogP contribution in [0.25, 0.3) is 0 Å². The Hall–Kier alpha value is -0.940. The average molecular weight is 230 g/mol. The minimum atomic E-state index is -1.05. The van der Waals surface area contributed by atoms with E-state index in [2.05, 4.69) is 0 Å². The second-order valence-electron chi connectivity index (χ2n) is 3.26. The van der Waals surface area contributed by atoms with Gasteiger partial charge in [0.05, 0.1) is 11.9 Å². The summed E-state index contributed by atoms with van der Waals surface area (Å²) in [6.45, 7) is 1.75. The first-order valence-corrected chi connectivity index (χ1v) is 5.83. The van der Waals surface area contributed by atoms with Gasteiger partial charge in [-0.2, -0.15) is 11.8 Å². The molecule has 0 spiro atoms. The van der Waals surface area contributed by atoms with Crippen molar-refractivity contribution in [3.63, 3.8) is 0 Å². The van der Waals surface area contributed by atoms with Crippen molar-refractivity contribution in [2.75, 3.05) is 5.75 Å². The van der Waals surface area contributed by atoms with Crippen molar-refractivity contribution in [1.29, 1.82) is 0 Å². The summed E-state index contributed by atoms with van der Waals surface area (Å²) in [5.41, 5.74) is 0. The molecule has 0 aliphatic heterocycles. The van der Waals surface area contributed by atoms with E-state index in [1.54, 1.807) is 24.8 Å². The highest BCUT2D eigenvalue weighted by molar-refractivity contribution is 7.98. The Kier molecular flexibility index (Phi) is 4.71. The van der Waals surface area contributed by atoms with Gasteiger partial charge in [0.15, 0.2) is 0 Å². The SMILES string of the molecule is CC(O)CCSCc1ccc(C(=O)O)o1. The molecule has 1 unspecified atom stereocenters. The smallest absolute Gasteiger partial charge is 0.371 e. The van der Waals surface area contributed by atoms with E-state index in [1.807, 2.05) is 0 Å². The van der Waals surface area contributed by atoms with Gasteiger partial charge in [-0.25, -0.2) is 4.79 Å². The highest BCUT2D eigenvalue weighted by Crippen LogP contribution is 2.16. The first-order chi connectivity index (χ1) is 7.09. The van der Waals surface area contributed by atoms with Crippen LogP contribution in [0.4, 0.5) is 0 Å². The highest BCUT2D eigenvalue weighted by Gasteiger charge is 2.08. The average Bonchev–Trinajstić information content (AvgIpc) is 2.60. The lowest BCUT2D eigenvalue weighted by molar-refractivity contribution is 0.0661. The van der Waals surface area contributed by atoms with Crippen LogP contribution in [0.2, 0.25) is 0 Å².